The molecule has 1 fully saturated rings. The Balaban J connectivity index is 2.01. The molecule has 1 unspecified atom stereocenters. The first-order valence-electron chi connectivity index (χ1n) is 7.47. The van der Waals surface area contributed by atoms with Gasteiger partial charge in [0.15, 0.2) is 0 Å². The second-order valence-electron chi connectivity index (χ2n) is 5.52. The Hall–Kier alpha value is -0.160. The first kappa shape index (κ1) is 15.7. The zero-order valence-electron chi connectivity index (χ0n) is 12.0. The van der Waals surface area contributed by atoms with Gasteiger partial charge >= 0.3 is 0 Å². The molecule has 1 aromatic heterocycles. The van der Waals surface area contributed by atoms with E-state index in [0.717, 1.165) is 16.9 Å². The van der Waals surface area contributed by atoms with Crippen LogP contribution < -0.4 is 5.32 Å². The van der Waals surface area contributed by atoms with Gasteiger partial charge in [0, 0.05) is 9.35 Å². The van der Waals surface area contributed by atoms with E-state index in [4.69, 9.17) is 0 Å². The minimum atomic E-state index is 0.291. The molecule has 0 aliphatic heterocycles. The summed E-state index contributed by atoms with van der Waals surface area (Å²) in [7, 11) is 0. The predicted octanol–water partition coefficient (Wildman–Crippen LogP) is 6.24. The fourth-order valence-electron chi connectivity index (χ4n) is 2.94. The summed E-state index contributed by atoms with van der Waals surface area (Å²) in [4.78, 5) is 1.36. The largest absolute Gasteiger partial charge is 0.306 e. The van der Waals surface area contributed by atoms with Gasteiger partial charge in [-0.05, 0) is 74.4 Å². The summed E-state index contributed by atoms with van der Waals surface area (Å²) in [6.07, 6.45) is 4.06. The van der Waals surface area contributed by atoms with Crippen LogP contribution in [0.5, 0.6) is 0 Å². The minimum Gasteiger partial charge on any atom is -0.306 e. The molecule has 1 atom stereocenters. The van der Waals surface area contributed by atoms with Gasteiger partial charge in [-0.3, -0.25) is 0 Å². The molecule has 0 bridgehead atoms. The Bertz CT molecular complexity index is 600. The molecule has 0 amide bonds. The number of hydrogen-bond acceptors (Lipinski definition) is 2. The maximum atomic E-state index is 3.67. The van der Waals surface area contributed by atoms with Gasteiger partial charge in [-0.2, -0.15) is 0 Å². The normalized spacial score (nSPS) is 16.7. The molecule has 2 aromatic rings. The molecule has 4 heteroatoms. The lowest BCUT2D eigenvalue weighted by Crippen LogP contribution is -2.24. The Labute approximate surface area is 147 Å². The monoisotopic (exact) mass is 427 g/mol. The van der Waals surface area contributed by atoms with E-state index in [0.29, 0.717) is 6.04 Å². The molecule has 1 aliphatic rings. The van der Waals surface area contributed by atoms with Crippen LogP contribution in [-0.2, 0) is 0 Å². The van der Waals surface area contributed by atoms with Crippen molar-refractivity contribution in [1.82, 2.24) is 5.32 Å². The summed E-state index contributed by atoms with van der Waals surface area (Å²) in [5, 5.41) is 3.67. The van der Waals surface area contributed by atoms with Crippen molar-refractivity contribution >= 4 is 43.2 Å². The van der Waals surface area contributed by atoms with Crippen LogP contribution in [0.15, 0.2) is 38.6 Å². The lowest BCUT2D eigenvalue weighted by molar-refractivity contribution is 0.414. The molecule has 0 spiro atoms. The Morgan fingerprint density at radius 3 is 2.62 bits per heavy atom. The van der Waals surface area contributed by atoms with Crippen LogP contribution in [0, 0.1) is 0 Å². The molecule has 0 saturated heterocycles. The van der Waals surface area contributed by atoms with Gasteiger partial charge in [-0.1, -0.05) is 37.6 Å². The fourth-order valence-corrected chi connectivity index (χ4v) is 5.12. The quantitative estimate of drug-likeness (QED) is 0.594. The first-order valence-corrected chi connectivity index (χ1v) is 9.88. The number of nitrogens with one attached hydrogen (secondary N) is 1. The third-order valence-electron chi connectivity index (χ3n) is 4.21. The van der Waals surface area contributed by atoms with Gasteiger partial charge in [-0.25, -0.2) is 0 Å². The lowest BCUT2D eigenvalue weighted by Gasteiger charge is -2.30. The number of thiophene rings is 1. The molecule has 1 nitrogen and oxygen atoms in total. The summed E-state index contributed by atoms with van der Waals surface area (Å²) in [5.41, 5.74) is 2.99. The van der Waals surface area contributed by atoms with Crippen LogP contribution >= 0.6 is 43.2 Å². The maximum Gasteiger partial charge on any atom is 0.0843 e. The Morgan fingerprint density at radius 1 is 1.29 bits per heavy atom. The van der Waals surface area contributed by atoms with Gasteiger partial charge < -0.3 is 5.32 Å². The van der Waals surface area contributed by atoms with Crippen molar-refractivity contribution in [1.29, 1.82) is 0 Å². The summed E-state index contributed by atoms with van der Waals surface area (Å²) in [6, 6.07) is 11.5. The number of halogens is 2. The topological polar surface area (TPSA) is 12.0 Å². The summed E-state index contributed by atoms with van der Waals surface area (Å²) < 4.78 is 2.31. The molecule has 1 aromatic carbocycles. The molecule has 112 valence electrons. The zero-order chi connectivity index (χ0) is 14.8. The maximum absolute atomic E-state index is 3.67. The second kappa shape index (κ2) is 6.95. The van der Waals surface area contributed by atoms with Crippen molar-refractivity contribution in [3.63, 3.8) is 0 Å². The highest BCUT2D eigenvalue weighted by molar-refractivity contribution is 9.13. The number of hydrogen-bond donors (Lipinski definition) is 1. The molecule has 1 heterocycles. The average Bonchev–Trinajstić information content (AvgIpc) is 2.75. The van der Waals surface area contributed by atoms with E-state index >= 15 is 0 Å². The van der Waals surface area contributed by atoms with E-state index in [1.165, 1.54) is 39.1 Å². The van der Waals surface area contributed by atoms with Crippen LogP contribution in [-0.4, -0.2) is 6.54 Å². The van der Waals surface area contributed by atoms with E-state index in [9.17, 15) is 0 Å². The van der Waals surface area contributed by atoms with Crippen molar-refractivity contribution in [3.05, 3.63) is 54.6 Å². The minimum absolute atomic E-state index is 0.291. The van der Waals surface area contributed by atoms with Gasteiger partial charge in [0.05, 0.1) is 9.83 Å². The molecular formula is C17H19Br2NS. The standard InChI is InChI=1S/C17H19Br2NS/c1-2-20-16(15-10-14(18)17(19)21-15)13-9-4-3-8-12(13)11-6-5-7-11/h3-4,8-11,16,20H,2,5-7H2,1H3. The van der Waals surface area contributed by atoms with Gasteiger partial charge in [-0.15, -0.1) is 11.3 Å². The third kappa shape index (κ3) is 3.29. The lowest BCUT2D eigenvalue weighted by atomic mass is 9.77. The van der Waals surface area contributed by atoms with Crippen LogP contribution in [0.25, 0.3) is 0 Å². The number of rotatable bonds is 5. The van der Waals surface area contributed by atoms with Crippen molar-refractivity contribution in [2.75, 3.05) is 6.54 Å². The summed E-state index contributed by atoms with van der Waals surface area (Å²) in [6.45, 7) is 3.15. The van der Waals surface area contributed by atoms with E-state index in [2.05, 4.69) is 74.4 Å². The summed E-state index contributed by atoms with van der Waals surface area (Å²) >= 11 is 9.05. The van der Waals surface area contributed by atoms with Crippen molar-refractivity contribution in [3.8, 4) is 0 Å². The van der Waals surface area contributed by atoms with Crippen LogP contribution in [0.1, 0.15) is 54.1 Å². The number of benzene rings is 1. The Kier molecular flexibility index (Phi) is 5.20. The van der Waals surface area contributed by atoms with Crippen LogP contribution in [0.4, 0.5) is 0 Å². The highest BCUT2D eigenvalue weighted by atomic mass is 79.9. The SMILES string of the molecule is CCNC(c1cc(Br)c(Br)s1)c1ccccc1C1CCC1. The van der Waals surface area contributed by atoms with Gasteiger partial charge in [0.2, 0.25) is 0 Å². The highest BCUT2D eigenvalue weighted by Crippen LogP contribution is 2.43. The highest BCUT2D eigenvalue weighted by Gasteiger charge is 2.26. The average molecular weight is 429 g/mol. The van der Waals surface area contributed by atoms with Crippen LogP contribution in [0.2, 0.25) is 0 Å². The predicted molar refractivity (Wildman–Crippen MR) is 98.3 cm³/mol. The molecule has 3 rings (SSSR count). The van der Waals surface area contributed by atoms with E-state index in [1.807, 2.05) is 11.3 Å². The van der Waals surface area contributed by atoms with Crippen molar-refractivity contribution < 1.29 is 0 Å². The fraction of sp³-hybridized carbons (Fsp3) is 0.412. The zero-order valence-corrected chi connectivity index (χ0v) is 16.0. The van der Waals surface area contributed by atoms with Crippen molar-refractivity contribution in [2.45, 2.75) is 38.1 Å². The molecule has 1 saturated carbocycles. The van der Waals surface area contributed by atoms with Gasteiger partial charge in [0.25, 0.3) is 0 Å². The Morgan fingerprint density at radius 2 is 2.05 bits per heavy atom. The second-order valence-corrected chi connectivity index (χ2v) is 8.77. The van der Waals surface area contributed by atoms with E-state index in [1.54, 1.807) is 0 Å². The molecule has 1 N–H and O–H groups in total. The van der Waals surface area contributed by atoms with Crippen LogP contribution in [0.3, 0.4) is 0 Å². The third-order valence-corrected chi connectivity index (χ3v) is 7.53. The molecular weight excluding hydrogens is 410 g/mol. The van der Waals surface area contributed by atoms with Crippen molar-refractivity contribution in [2.24, 2.45) is 0 Å². The molecule has 0 radical (unpaired) electrons. The molecule has 1 aliphatic carbocycles. The van der Waals surface area contributed by atoms with E-state index < -0.39 is 0 Å². The van der Waals surface area contributed by atoms with E-state index in [-0.39, 0.29) is 0 Å². The molecule has 21 heavy (non-hydrogen) atoms. The smallest absolute Gasteiger partial charge is 0.0843 e. The summed E-state index contributed by atoms with van der Waals surface area (Å²) in [5.74, 6) is 0.759. The van der Waals surface area contributed by atoms with Gasteiger partial charge in [0.1, 0.15) is 0 Å². The first-order chi connectivity index (χ1) is 10.2.